The van der Waals surface area contributed by atoms with Crippen molar-refractivity contribution in [2.24, 2.45) is 0 Å². The van der Waals surface area contributed by atoms with E-state index in [1.165, 1.54) is 33.0 Å². The molecule has 0 amide bonds. The van der Waals surface area contributed by atoms with Crippen LogP contribution in [0.25, 0.3) is 33.0 Å². The van der Waals surface area contributed by atoms with Gasteiger partial charge in [-0.15, -0.1) is 0 Å². The first-order valence-electron chi connectivity index (χ1n) is 15.2. The highest BCUT2D eigenvalue weighted by Gasteiger charge is 2.16. The molecule has 0 aliphatic carbocycles. The van der Waals surface area contributed by atoms with Crippen molar-refractivity contribution in [1.82, 2.24) is 0 Å². The molecule has 3 nitrogen and oxygen atoms in total. The Morgan fingerprint density at radius 1 is 0.422 bits per heavy atom. The number of rotatable bonds is 8. The minimum absolute atomic E-state index is 0.848. The van der Waals surface area contributed by atoms with E-state index in [1.54, 1.807) is 7.11 Å². The van der Waals surface area contributed by atoms with E-state index >= 15 is 0 Å². The van der Waals surface area contributed by atoms with E-state index in [1.807, 2.05) is 18.2 Å². The highest BCUT2D eigenvalue weighted by molar-refractivity contribution is 5.99. The lowest BCUT2D eigenvalue weighted by Crippen LogP contribution is -2.10. The lowest BCUT2D eigenvalue weighted by Gasteiger charge is -2.27. The molecule has 45 heavy (non-hydrogen) atoms. The Hall–Kier alpha value is -5.80. The average molecular weight is 583 g/mol. The molecule has 3 heteroatoms. The van der Waals surface area contributed by atoms with Gasteiger partial charge in [0, 0.05) is 41.2 Å². The Labute approximate surface area is 265 Å². The molecule has 0 heterocycles. The summed E-state index contributed by atoms with van der Waals surface area (Å²) in [5.41, 5.74) is 10.3. The number of fused-ring (bicyclic) bond motifs is 1. The number of methoxy groups -OCH3 is 1. The smallest absolute Gasteiger partial charge is 0.120 e. The number of benzene rings is 7. The third-order valence-corrected chi connectivity index (χ3v) is 8.37. The third-order valence-electron chi connectivity index (χ3n) is 8.37. The van der Waals surface area contributed by atoms with E-state index in [0.29, 0.717) is 0 Å². The molecule has 0 N–H and O–H groups in total. The van der Waals surface area contributed by atoms with Gasteiger partial charge in [0.15, 0.2) is 0 Å². The van der Waals surface area contributed by atoms with Crippen LogP contribution >= 0.6 is 0 Å². The quantitative estimate of drug-likeness (QED) is 0.177. The van der Waals surface area contributed by atoms with Crippen molar-refractivity contribution >= 4 is 39.2 Å². The number of hydrogen-bond donors (Lipinski definition) is 0. The molecule has 0 aliphatic rings. The van der Waals surface area contributed by atoms with Gasteiger partial charge in [-0.3, -0.25) is 0 Å². The second-order valence-electron chi connectivity index (χ2n) is 11.1. The van der Waals surface area contributed by atoms with E-state index in [4.69, 9.17) is 4.74 Å². The molecule has 0 fully saturated rings. The van der Waals surface area contributed by atoms with E-state index in [-0.39, 0.29) is 0 Å². The molecule has 0 radical (unpaired) electrons. The first-order valence-corrected chi connectivity index (χ1v) is 15.2. The minimum atomic E-state index is 0.848. The minimum Gasteiger partial charge on any atom is -0.497 e. The fourth-order valence-corrected chi connectivity index (χ4v) is 5.93. The number of hydrogen-bond acceptors (Lipinski definition) is 3. The summed E-state index contributed by atoms with van der Waals surface area (Å²) in [4.78, 5) is 4.53. The second kappa shape index (κ2) is 12.4. The fourth-order valence-electron chi connectivity index (χ4n) is 5.93. The van der Waals surface area contributed by atoms with Gasteiger partial charge < -0.3 is 14.5 Å². The summed E-state index contributed by atoms with van der Waals surface area (Å²) >= 11 is 0. The third kappa shape index (κ3) is 5.76. The summed E-state index contributed by atoms with van der Waals surface area (Å²) in [5, 5.41) is 2.43. The lowest BCUT2D eigenvalue weighted by molar-refractivity contribution is 0.415. The van der Waals surface area contributed by atoms with Gasteiger partial charge in [-0.25, -0.2) is 0 Å². The lowest BCUT2D eigenvalue weighted by atomic mass is 10.0. The van der Waals surface area contributed by atoms with Crippen molar-refractivity contribution in [2.75, 3.05) is 24.0 Å². The van der Waals surface area contributed by atoms with Crippen LogP contribution < -0.4 is 14.5 Å². The Bertz CT molecular complexity index is 2050. The molecule has 0 bridgehead atoms. The number of ether oxygens (including phenoxy) is 1. The standard InChI is InChI=1S/C42H34N2O/c1-43(38-16-10-18-40(30-38)45-2)36-25-21-32(22-26-36)33-23-27-37(28-24-33)44(42-20-9-14-34-13-6-7-19-41(34)42)39-17-8-15-35(29-39)31-11-4-3-5-12-31/h3-30H,1-2H3. The zero-order valence-electron chi connectivity index (χ0n) is 25.5. The zero-order chi connectivity index (χ0) is 30.6. The topological polar surface area (TPSA) is 15.7 Å². The van der Waals surface area contributed by atoms with Gasteiger partial charge in [-0.05, 0) is 82.2 Å². The van der Waals surface area contributed by atoms with Crippen LogP contribution in [0.2, 0.25) is 0 Å². The van der Waals surface area contributed by atoms with Gasteiger partial charge in [-0.2, -0.15) is 0 Å². The molecule has 7 rings (SSSR count). The molecular formula is C42H34N2O. The number of nitrogens with zero attached hydrogens (tertiary/aromatic N) is 2. The molecule has 0 spiro atoms. The molecule has 7 aromatic rings. The van der Waals surface area contributed by atoms with Crippen molar-refractivity contribution in [3.63, 3.8) is 0 Å². The van der Waals surface area contributed by atoms with Gasteiger partial charge >= 0.3 is 0 Å². The molecule has 7 aromatic carbocycles. The monoisotopic (exact) mass is 582 g/mol. The predicted molar refractivity (Wildman–Crippen MR) is 191 cm³/mol. The largest absolute Gasteiger partial charge is 0.497 e. The van der Waals surface area contributed by atoms with Crippen LogP contribution in [0.5, 0.6) is 5.75 Å². The summed E-state index contributed by atoms with van der Waals surface area (Å²) in [6.07, 6.45) is 0. The fraction of sp³-hybridized carbons (Fsp3) is 0.0476. The molecule has 0 saturated heterocycles. The van der Waals surface area contributed by atoms with Crippen LogP contribution in [0.3, 0.4) is 0 Å². The maximum absolute atomic E-state index is 5.42. The van der Waals surface area contributed by atoms with Crippen LogP contribution in [0.15, 0.2) is 170 Å². The van der Waals surface area contributed by atoms with E-state index in [0.717, 1.165) is 34.2 Å². The highest BCUT2D eigenvalue weighted by atomic mass is 16.5. The summed E-state index contributed by atoms with van der Waals surface area (Å²) < 4.78 is 5.42. The van der Waals surface area contributed by atoms with Crippen molar-refractivity contribution in [1.29, 1.82) is 0 Å². The molecule has 0 aromatic heterocycles. The van der Waals surface area contributed by atoms with Gasteiger partial charge in [0.2, 0.25) is 0 Å². The summed E-state index contributed by atoms with van der Waals surface area (Å²) in [7, 11) is 3.77. The van der Waals surface area contributed by atoms with Gasteiger partial charge in [0.1, 0.15) is 5.75 Å². The van der Waals surface area contributed by atoms with Crippen molar-refractivity contribution in [3.8, 4) is 28.0 Å². The van der Waals surface area contributed by atoms with Crippen LogP contribution in [0.4, 0.5) is 28.4 Å². The Kier molecular flexibility index (Phi) is 7.74. The second-order valence-corrected chi connectivity index (χ2v) is 11.1. The summed E-state index contributed by atoms with van der Waals surface area (Å²) in [6, 6.07) is 60.2. The Morgan fingerprint density at radius 2 is 1.00 bits per heavy atom. The predicted octanol–water partition coefficient (Wildman–Crippen LogP) is 11.4. The van der Waals surface area contributed by atoms with Crippen molar-refractivity contribution < 1.29 is 4.74 Å². The molecule has 0 atom stereocenters. The van der Waals surface area contributed by atoms with Crippen molar-refractivity contribution in [2.45, 2.75) is 0 Å². The average Bonchev–Trinajstić information content (AvgIpc) is 3.12. The first kappa shape index (κ1) is 28.0. The maximum Gasteiger partial charge on any atom is 0.120 e. The van der Waals surface area contributed by atoms with Crippen LogP contribution in [0.1, 0.15) is 0 Å². The highest BCUT2D eigenvalue weighted by Crippen LogP contribution is 2.41. The van der Waals surface area contributed by atoms with E-state index in [2.05, 4.69) is 169 Å². The zero-order valence-corrected chi connectivity index (χ0v) is 25.5. The Morgan fingerprint density at radius 3 is 1.76 bits per heavy atom. The molecule has 218 valence electrons. The normalized spacial score (nSPS) is 10.9. The van der Waals surface area contributed by atoms with E-state index < -0.39 is 0 Å². The molecule has 0 aliphatic heterocycles. The van der Waals surface area contributed by atoms with E-state index in [9.17, 15) is 0 Å². The Balaban J connectivity index is 1.24. The van der Waals surface area contributed by atoms with Crippen molar-refractivity contribution in [3.05, 3.63) is 170 Å². The summed E-state index contributed by atoms with van der Waals surface area (Å²) in [5.74, 6) is 0.848. The molecule has 0 saturated carbocycles. The van der Waals surface area contributed by atoms with Gasteiger partial charge in [0.05, 0.1) is 12.8 Å². The number of anilines is 5. The molecule has 0 unspecified atom stereocenters. The SMILES string of the molecule is COc1cccc(N(C)c2ccc(-c3ccc(N(c4cccc(-c5ccccc5)c4)c4cccc5ccccc45)cc3)cc2)c1. The van der Waals surface area contributed by atoms with Gasteiger partial charge in [0.25, 0.3) is 0 Å². The van der Waals surface area contributed by atoms with Crippen LogP contribution in [0, 0.1) is 0 Å². The summed E-state index contributed by atoms with van der Waals surface area (Å²) in [6.45, 7) is 0. The van der Waals surface area contributed by atoms with Crippen LogP contribution in [-0.2, 0) is 0 Å². The van der Waals surface area contributed by atoms with Crippen LogP contribution in [-0.4, -0.2) is 14.2 Å². The first-order chi connectivity index (χ1) is 22.2. The maximum atomic E-state index is 5.42. The van der Waals surface area contributed by atoms with Gasteiger partial charge in [-0.1, -0.05) is 109 Å². The molecular weight excluding hydrogens is 548 g/mol.